The van der Waals surface area contributed by atoms with E-state index in [-0.39, 0.29) is 5.56 Å². The third kappa shape index (κ3) is 1.95. The van der Waals surface area contributed by atoms with Gasteiger partial charge in [-0.2, -0.15) is 0 Å². The van der Waals surface area contributed by atoms with Crippen LogP contribution in [0.2, 0.25) is 0 Å². The summed E-state index contributed by atoms with van der Waals surface area (Å²) in [5.74, 6) is 0.840. The Morgan fingerprint density at radius 2 is 2.14 bits per heavy atom. The number of pyridine rings is 1. The number of nitrogens with zero attached hydrogens (tertiary/aromatic N) is 2. The zero-order chi connectivity index (χ0) is 14.4. The van der Waals surface area contributed by atoms with Crippen LogP contribution in [0, 0.1) is 0 Å². The van der Waals surface area contributed by atoms with Crippen LogP contribution in [-0.2, 0) is 13.0 Å². The SMILES string of the molecule is O=c1[nH]ccc2c1CC(=S)N2Cc1nc2ccccc2[nH]1. The highest BCUT2D eigenvalue weighted by Crippen LogP contribution is 2.27. The summed E-state index contributed by atoms with van der Waals surface area (Å²) in [4.78, 5) is 25.1. The Labute approximate surface area is 125 Å². The molecule has 104 valence electrons. The van der Waals surface area contributed by atoms with E-state index in [1.54, 1.807) is 6.20 Å². The number of hydrogen-bond donors (Lipinski definition) is 2. The molecule has 4 rings (SSSR count). The fourth-order valence-electron chi connectivity index (χ4n) is 2.71. The fraction of sp³-hybridized carbons (Fsp3) is 0.133. The second kappa shape index (κ2) is 4.53. The van der Waals surface area contributed by atoms with E-state index in [2.05, 4.69) is 15.0 Å². The molecule has 0 saturated heterocycles. The van der Waals surface area contributed by atoms with Gasteiger partial charge in [-0.1, -0.05) is 24.4 Å². The van der Waals surface area contributed by atoms with Gasteiger partial charge in [0.1, 0.15) is 5.82 Å². The van der Waals surface area contributed by atoms with Gasteiger partial charge in [0.05, 0.1) is 28.3 Å². The van der Waals surface area contributed by atoms with E-state index < -0.39 is 0 Å². The number of anilines is 1. The zero-order valence-corrected chi connectivity index (χ0v) is 11.9. The maximum Gasteiger partial charge on any atom is 0.253 e. The Morgan fingerprint density at radius 3 is 3.00 bits per heavy atom. The van der Waals surface area contributed by atoms with Gasteiger partial charge in [-0.25, -0.2) is 4.98 Å². The smallest absolute Gasteiger partial charge is 0.253 e. The van der Waals surface area contributed by atoms with Crippen molar-refractivity contribution in [1.29, 1.82) is 0 Å². The Hall–Kier alpha value is -2.47. The molecule has 3 heterocycles. The van der Waals surface area contributed by atoms with Crippen molar-refractivity contribution < 1.29 is 0 Å². The van der Waals surface area contributed by atoms with Crippen LogP contribution in [0.4, 0.5) is 5.69 Å². The van der Waals surface area contributed by atoms with Crippen LogP contribution in [0.25, 0.3) is 11.0 Å². The molecular weight excluding hydrogens is 284 g/mol. The second-order valence-electron chi connectivity index (χ2n) is 5.03. The fourth-order valence-corrected chi connectivity index (χ4v) is 3.02. The van der Waals surface area contributed by atoms with Gasteiger partial charge in [-0.15, -0.1) is 0 Å². The van der Waals surface area contributed by atoms with Crippen molar-refractivity contribution in [1.82, 2.24) is 15.0 Å². The van der Waals surface area contributed by atoms with Gasteiger partial charge >= 0.3 is 0 Å². The van der Waals surface area contributed by atoms with E-state index in [1.165, 1.54) is 0 Å². The molecular formula is C15H12N4OS. The average Bonchev–Trinajstić information content (AvgIpc) is 3.02. The Morgan fingerprint density at radius 1 is 1.29 bits per heavy atom. The summed E-state index contributed by atoms with van der Waals surface area (Å²) in [6, 6.07) is 9.78. The number of benzene rings is 1. The van der Waals surface area contributed by atoms with E-state index in [1.807, 2.05) is 35.2 Å². The molecule has 0 aliphatic carbocycles. The molecule has 2 N–H and O–H groups in total. The van der Waals surface area contributed by atoms with E-state index in [0.29, 0.717) is 13.0 Å². The van der Waals surface area contributed by atoms with Crippen molar-refractivity contribution in [3.8, 4) is 0 Å². The van der Waals surface area contributed by atoms with Gasteiger partial charge in [0.25, 0.3) is 5.56 Å². The molecule has 6 heteroatoms. The van der Waals surface area contributed by atoms with Gasteiger partial charge in [0.15, 0.2) is 0 Å². The first-order chi connectivity index (χ1) is 10.2. The van der Waals surface area contributed by atoms with E-state index in [0.717, 1.165) is 33.1 Å². The Bertz CT molecular complexity index is 878. The minimum absolute atomic E-state index is 0.0676. The standard InChI is InChI=1S/C15H12N4OS/c20-15-9-7-14(21)19(12(9)5-6-16-15)8-13-17-10-3-1-2-4-11(10)18-13/h1-6H,7-8H2,(H,16,20)(H,17,18). The summed E-state index contributed by atoms with van der Waals surface area (Å²) >= 11 is 5.42. The molecule has 3 aromatic rings. The van der Waals surface area contributed by atoms with Crippen molar-refractivity contribution in [3.05, 3.63) is 58.3 Å². The lowest BCUT2D eigenvalue weighted by atomic mass is 10.2. The van der Waals surface area contributed by atoms with Gasteiger partial charge in [-0.05, 0) is 18.2 Å². The van der Waals surface area contributed by atoms with Crippen LogP contribution < -0.4 is 10.5 Å². The molecule has 0 fully saturated rings. The molecule has 0 saturated carbocycles. The molecule has 2 aromatic heterocycles. The number of imidazole rings is 1. The summed E-state index contributed by atoms with van der Waals surface area (Å²) in [7, 11) is 0. The van der Waals surface area contributed by atoms with E-state index in [4.69, 9.17) is 12.2 Å². The lowest BCUT2D eigenvalue weighted by Crippen LogP contribution is -2.25. The van der Waals surface area contributed by atoms with Crippen LogP contribution in [0.15, 0.2) is 41.3 Å². The molecule has 0 atom stereocenters. The maximum absolute atomic E-state index is 11.8. The predicted molar refractivity (Wildman–Crippen MR) is 85.6 cm³/mol. The number of rotatable bonds is 2. The highest BCUT2D eigenvalue weighted by molar-refractivity contribution is 7.80. The van der Waals surface area contributed by atoms with Crippen molar-refractivity contribution in [2.75, 3.05) is 4.90 Å². The highest BCUT2D eigenvalue weighted by atomic mass is 32.1. The highest BCUT2D eigenvalue weighted by Gasteiger charge is 2.27. The van der Waals surface area contributed by atoms with Crippen LogP contribution in [0.3, 0.4) is 0 Å². The van der Waals surface area contributed by atoms with Crippen LogP contribution in [0.1, 0.15) is 11.4 Å². The van der Waals surface area contributed by atoms with Crippen LogP contribution in [0.5, 0.6) is 0 Å². The number of aromatic nitrogens is 3. The molecule has 5 nitrogen and oxygen atoms in total. The number of para-hydroxylation sites is 2. The van der Waals surface area contributed by atoms with Crippen LogP contribution >= 0.6 is 12.2 Å². The van der Waals surface area contributed by atoms with Gasteiger partial charge in [-0.3, -0.25) is 4.79 Å². The third-order valence-corrected chi connectivity index (χ3v) is 4.07. The van der Waals surface area contributed by atoms with Crippen molar-refractivity contribution in [2.45, 2.75) is 13.0 Å². The van der Waals surface area contributed by atoms with Crippen molar-refractivity contribution >= 4 is 33.9 Å². The predicted octanol–water partition coefficient (Wildman–Crippen LogP) is 2.14. The lowest BCUT2D eigenvalue weighted by molar-refractivity contribution is 0.934. The van der Waals surface area contributed by atoms with Crippen molar-refractivity contribution in [3.63, 3.8) is 0 Å². The number of H-pyrrole nitrogens is 2. The third-order valence-electron chi connectivity index (χ3n) is 3.71. The normalized spacial score (nSPS) is 13.9. The summed E-state index contributed by atoms with van der Waals surface area (Å²) in [6.07, 6.45) is 2.17. The maximum atomic E-state index is 11.8. The van der Waals surface area contributed by atoms with E-state index >= 15 is 0 Å². The molecule has 0 amide bonds. The molecule has 0 radical (unpaired) electrons. The summed E-state index contributed by atoms with van der Waals surface area (Å²) in [6.45, 7) is 0.546. The zero-order valence-electron chi connectivity index (χ0n) is 11.1. The minimum Gasteiger partial charge on any atom is -0.340 e. The average molecular weight is 296 g/mol. The topological polar surface area (TPSA) is 64.8 Å². The number of hydrogen-bond acceptors (Lipinski definition) is 3. The summed E-state index contributed by atoms with van der Waals surface area (Å²) in [5.41, 5.74) is 3.48. The number of nitrogens with one attached hydrogen (secondary N) is 2. The van der Waals surface area contributed by atoms with Gasteiger partial charge in [0, 0.05) is 18.2 Å². The largest absolute Gasteiger partial charge is 0.340 e. The Kier molecular flexibility index (Phi) is 2.65. The summed E-state index contributed by atoms with van der Waals surface area (Å²) < 4.78 is 0. The minimum atomic E-state index is -0.0676. The van der Waals surface area contributed by atoms with Gasteiger partial charge < -0.3 is 14.9 Å². The number of aromatic amines is 2. The molecule has 0 spiro atoms. The molecule has 0 unspecified atom stereocenters. The summed E-state index contributed by atoms with van der Waals surface area (Å²) in [5, 5.41) is 0. The molecule has 1 aliphatic rings. The molecule has 21 heavy (non-hydrogen) atoms. The molecule has 0 bridgehead atoms. The second-order valence-corrected chi connectivity index (χ2v) is 5.50. The monoisotopic (exact) mass is 296 g/mol. The first-order valence-corrected chi connectivity index (χ1v) is 7.08. The van der Waals surface area contributed by atoms with Crippen LogP contribution in [-0.4, -0.2) is 19.9 Å². The lowest BCUT2D eigenvalue weighted by Gasteiger charge is -2.17. The number of fused-ring (bicyclic) bond motifs is 2. The quantitative estimate of drug-likeness (QED) is 0.711. The van der Waals surface area contributed by atoms with E-state index in [9.17, 15) is 4.79 Å². The Balaban J connectivity index is 1.73. The number of thiocarbonyl (C=S) groups is 1. The van der Waals surface area contributed by atoms with Gasteiger partial charge in [0.2, 0.25) is 0 Å². The van der Waals surface area contributed by atoms with Crippen molar-refractivity contribution in [2.24, 2.45) is 0 Å². The first-order valence-electron chi connectivity index (χ1n) is 6.67. The molecule has 1 aliphatic heterocycles. The first kappa shape index (κ1) is 12.3. The molecule has 1 aromatic carbocycles.